The lowest BCUT2D eigenvalue weighted by molar-refractivity contribution is -0.117. The standard InChI is InChI=1S/C14H18N4O2/c1-17(11-5-7-13(19)15-11)9-3-4-10-18(2)12-6-8-14(20)16-12/h5-10H2,1-2H3. The van der Waals surface area contributed by atoms with Gasteiger partial charge in [0, 0.05) is 39.8 Å². The molecule has 106 valence electrons. The molecule has 2 rings (SSSR count). The Kier molecular flexibility index (Phi) is 4.51. The second kappa shape index (κ2) is 6.33. The Hall–Kier alpha value is -2.16. The number of nitrogens with zero attached hydrogens (tertiary/aromatic N) is 4. The Labute approximate surface area is 118 Å². The number of carbonyl (C=O) groups is 2. The summed E-state index contributed by atoms with van der Waals surface area (Å²) in [4.78, 5) is 33.8. The first kappa shape index (κ1) is 14.3. The fraction of sp³-hybridized carbons (Fsp3) is 0.571. The van der Waals surface area contributed by atoms with E-state index in [4.69, 9.17) is 0 Å². The van der Waals surface area contributed by atoms with Gasteiger partial charge >= 0.3 is 0 Å². The highest BCUT2D eigenvalue weighted by Crippen LogP contribution is 2.09. The van der Waals surface area contributed by atoms with E-state index in [-0.39, 0.29) is 11.8 Å². The molecule has 0 saturated heterocycles. The Morgan fingerprint density at radius 2 is 1.25 bits per heavy atom. The highest BCUT2D eigenvalue weighted by molar-refractivity contribution is 6.01. The number of aliphatic imine (C=N–C) groups is 2. The van der Waals surface area contributed by atoms with E-state index in [9.17, 15) is 9.59 Å². The third-order valence-electron chi connectivity index (χ3n) is 3.27. The largest absolute Gasteiger partial charge is 0.352 e. The van der Waals surface area contributed by atoms with Gasteiger partial charge in [-0.25, -0.2) is 9.98 Å². The molecule has 0 spiro atoms. The summed E-state index contributed by atoms with van der Waals surface area (Å²) >= 11 is 0. The van der Waals surface area contributed by atoms with Crippen molar-refractivity contribution in [3.05, 3.63) is 0 Å². The molecule has 6 heteroatoms. The first-order valence-electron chi connectivity index (χ1n) is 6.65. The van der Waals surface area contributed by atoms with E-state index in [0.29, 0.717) is 38.8 Å². The molecule has 0 aromatic heterocycles. The molecular formula is C14H18N4O2. The Balaban J connectivity index is 1.77. The molecule has 0 radical (unpaired) electrons. The molecule has 0 bridgehead atoms. The summed E-state index contributed by atoms with van der Waals surface area (Å²) < 4.78 is 0. The fourth-order valence-corrected chi connectivity index (χ4v) is 2.03. The summed E-state index contributed by atoms with van der Waals surface area (Å²) in [5.41, 5.74) is 0. The van der Waals surface area contributed by atoms with E-state index in [1.165, 1.54) is 0 Å². The number of amidine groups is 2. The Morgan fingerprint density at radius 1 is 0.850 bits per heavy atom. The molecule has 20 heavy (non-hydrogen) atoms. The molecule has 0 fully saturated rings. The smallest absolute Gasteiger partial charge is 0.247 e. The lowest BCUT2D eigenvalue weighted by atomic mass is 10.3. The molecule has 2 amide bonds. The van der Waals surface area contributed by atoms with E-state index in [1.54, 1.807) is 0 Å². The quantitative estimate of drug-likeness (QED) is 0.679. The molecule has 0 N–H and O–H groups in total. The van der Waals surface area contributed by atoms with Gasteiger partial charge in [0.25, 0.3) is 0 Å². The lowest BCUT2D eigenvalue weighted by Gasteiger charge is -2.16. The molecule has 2 heterocycles. The fourth-order valence-electron chi connectivity index (χ4n) is 2.03. The van der Waals surface area contributed by atoms with Crippen LogP contribution in [-0.2, 0) is 9.59 Å². The van der Waals surface area contributed by atoms with Crippen LogP contribution in [0.4, 0.5) is 0 Å². The molecule has 2 aliphatic heterocycles. The van der Waals surface area contributed by atoms with Gasteiger partial charge in [0.1, 0.15) is 11.7 Å². The highest BCUT2D eigenvalue weighted by atomic mass is 16.2. The van der Waals surface area contributed by atoms with Crippen molar-refractivity contribution >= 4 is 23.5 Å². The van der Waals surface area contributed by atoms with E-state index in [1.807, 2.05) is 23.9 Å². The SMILES string of the molecule is CN(CC#CCN(C)C1=NC(=O)CC1)C1=NC(=O)CC1. The molecule has 2 aliphatic rings. The van der Waals surface area contributed by atoms with Gasteiger partial charge < -0.3 is 9.80 Å². The van der Waals surface area contributed by atoms with Crippen molar-refractivity contribution in [1.82, 2.24) is 9.80 Å². The van der Waals surface area contributed by atoms with Crippen LogP contribution in [-0.4, -0.2) is 60.5 Å². The zero-order valence-corrected chi connectivity index (χ0v) is 11.8. The van der Waals surface area contributed by atoms with Crippen molar-refractivity contribution in [2.24, 2.45) is 9.98 Å². The Morgan fingerprint density at radius 3 is 1.55 bits per heavy atom. The third kappa shape index (κ3) is 3.67. The van der Waals surface area contributed by atoms with Crippen LogP contribution in [0.2, 0.25) is 0 Å². The minimum Gasteiger partial charge on any atom is -0.352 e. The van der Waals surface area contributed by atoms with Gasteiger partial charge in [-0.2, -0.15) is 0 Å². The normalized spacial score (nSPS) is 17.5. The van der Waals surface area contributed by atoms with Crippen LogP contribution in [0, 0.1) is 11.8 Å². The third-order valence-corrected chi connectivity index (χ3v) is 3.27. The van der Waals surface area contributed by atoms with Crippen LogP contribution in [0.25, 0.3) is 0 Å². The van der Waals surface area contributed by atoms with Gasteiger partial charge in [-0.1, -0.05) is 11.8 Å². The van der Waals surface area contributed by atoms with Crippen molar-refractivity contribution in [1.29, 1.82) is 0 Å². The number of hydrogen-bond donors (Lipinski definition) is 0. The lowest BCUT2D eigenvalue weighted by Crippen LogP contribution is -2.27. The molecule has 0 unspecified atom stereocenters. The van der Waals surface area contributed by atoms with E-state index < -0.39 is 0 Å². The molecule has 0 aliphatic carbocycles. The van der Waals surface area contributed by atoms with Crippen LogP contribution in [0.1, 0.15) is 25.7 Å². The first-order chi connectivity index (χ1) is 9.56. The van der Waals surface area contributed by atoms with Gasteiger partial charge in [0.05, 0.1) is 13.1 Å². The second-order valence-corrected chi connectivity index (χ2v) is 4.91. The van der Waals surface area contributed by atoms with Gasteiger partial charge in [0.15, 0.2) is 0 Å². The molecule has 0 aromatic rings. The predicted molar refractivity (Wildman–Crippen MR) is 76.4 cm³/mol. The monoisotopic (exact) mass is 274 g/mol. The van der Waals surface area contributed by atoms with Crippen LogP contribution in [0.3, 0.4) is 0 Å². The molecule has 6 nitrogen and oxygen atoms in total. The molecule has 0 saturated carbocycles. The van der Waals surface area contributed by atoms with Crippen molar-refractivity contribution in [3.8, 4) is 11.8 Å². The topological polar surface area (TPSA) is 65.3 Å². The van der Waals surface area contributed by atoms with E-state index >= 15 is 0 Å². The zero-order chi connectivity index (χ0) is 14.5. The molecule has 0 aromatic carbocycles. The minimum absolute atomic E-state index is 0.0524. The average molecular weight is 274 g/mol. The van der Waals surface area contributed by atoms with Crippen LogP contribution >= 0.6 is 0 Å². The summed E-state index contributed by atoms with van der Waals surface area (Å²) in [7, 11) is 3.77. The van der Waals surface area contributed by atoms with Crippen LogP contribution in [0.15, 0.2) is 9.98 Å². The van der Waals surface area contributed by atoms with E-state index in [2.05, 4.69) is 21.8 Å². The van der Waals surface area contributed by atoms with Gasteiger partial charge in [-0.3, -0.25) is 9.59 Å². The molecule has 0 atom stereocenters. The summed E-state index contributed by atoms with van der Waals surface area (Å²) in [5.74, 6) is 7.60. The van der Waals surface area contributed by atoms with Crippen molar-refractivity contribution < 1.29 is 9.59 Å². The summed E-state index contributed by atoms with van der Waals surface area (Å²) in [5, 5.41) is 0. The van der Waals surface area contributed by atoms with Crippen molar-refractivity contribution in [3.63, 3.8) is 0 Å². The maximum Gasteiger partial charge on any atom is 0.247 e. The zero-order valence-electron chi connectivity index (χ0n) is 11.8. The summed E-state index contributed by atoms with van der Waals surface area (Å²) in [6, 6.07) is 0. The minimum atomic E-state index is -0.0524. The van der Waals surface area contributed by atoms with Crippen LogP contribution < -0.4 is 0 Å². The summed E-state index contributed by atoms with van der Waals surface area (Å²) in [6.45, 7) is 1.09. The molecular weight excluding hydrogens is 256 g/mol. The maximum atomic E-state index is 11.1. The van der Waals surface area contributed by atoms with Crippen LogP contribution in [0.5, 0.6) is 0 Å². The van der Waals surface area contributed by atoms with Crippen molar-refractivity contribution in [2.75, 3.05) is 27.2 Å². The van der Waals surface area contributed by atoms with E-state index in [0.717, 1.165) is 11.7 Å². The van der Waals surface area contributed by atoms with Gasteiger partial charge in [0.2, 0.25) is 11.8 Å². The number of hydrogen-bond acceptors (Lipinski definition) is 4. The number of rotatable bonds is 2. The Bertz CT molecular complexity index is 493. The van der Waals surface area contributed by atoms with Gasteiger partial charge in [-0.15, -0.1) is 0 Å². The maximum absolute atomic E-state index is 11.1. The second-order valence-electron chi connectivity index (χ2n) is 4.91. The number of amides is 2. The predicted octanol–water partition coefficient (Wildman–Crippen LogP) is 0.291. The average Bonchev–Trinajstić information content (AvgIpc) is 3.03. The summed E-state index contributed by atoms with van der Waals surface area (Å²) in [6.07, 6.45) is 2.42. The highest BCUT2D eigenvalue weighted by Gasteiger charge is 2.17. The van der Waals surface area contributed by atoms with Crippen molar-refractivity contribution in [2.45, 2.75) is 25.7 Å². The number of carbonyl (C=O) groups excluding carboxylic acids is 2. The first-order valence-corrected chi connectivity index (χ1v) is 6.65. The van der Waals surface area contributed by atoms with Gasteiger partial charge in [-0.05, 0) is 0 Å².